The fourth-order valence-electron chi connectivity index (χ4n) is 2.97. The molecule has 1 aromatic heterocycles. The molecule has 2 aromatic carbocycles. The summed E-state index contributed by atoms with van der Waals surface area (Å²) >= 11 is 1.48. The quantitative estimate of drug-likeness (QED) is 0.568. The molecule has 0 aliphatic rings. The third kappa shape index (κ3) is 4.78. The second-order valence-electron chi connectivity index (χ2n) is 7.32. The summed E-state index contributed by atoms with van der Waals surface area (Å²) in [5.41, 5.74) is 5.38. The lowest BCUT2D eigenvalue weighted by atomic mass is 10.0. The van der Waals surface area contributed by atoms with E-state index in [1.807, 2.05) is 19.9 Å². The molecule has 0 spiro atoms. The SMILES string of the molecule is Cc1ccc(-c2nc(NC(=O)COc3cc(C)ccc3C(C)C)sc2C)cc1. The number of hydrogen-bond donors (Lipinski definition) is 1. The van der Waals surface area contributed by atoms with Gasteiger partial charge in [-0.05, 0) is 43.9 Å². The molecule has 0 radical (unpaired) electrons. The number of benzene rings is 2. The van der Waals surface area contributed by atoms with Gasteiger partial charge >= 0.3 is 0 Å². The van der Waals surface area contributed by atoms with Crippen LogP contribution in [0.4, 0.5) is 5.13 Å². The van der Waals surface area contributed by atoms with Crippen LogP contribution in [-0.2, 0) is 4.79 Å². The van der Waals surface area contributed by atoms with Crippen LogP contribution in [0.5, 0.6) is 5.75 Å². The van der Waals surface area contributed by atoms with Crippen LogP contribution in [0.2, 0.25) is 0 Å². The van der Waals surface area contributed by atoms with Gasteiger partial charge in [-0.3, -0.25) is 10.1 Å². The molecule has 4 nitrogen and oxygen atoms in total. The number of hydrogen-bond acceptors (Lipinski definition) is 4. The number of amides is 1. The van der Waals surface area contributed by atoms with Crippen molar-refractivity contribution < 1.29 is 9.53 Å². The van der Waals surface area contributed by atoms with Crippen LogP contribution in [0.25, 0.3) is 11.3 Å². The normalized spacial score (nSPS) is 10.9. The van der Waals surface area contributed by atoms with Gasteiger partial charge in [-0.2, -0.15) is 0 Å². The summed E-state index contributed by atoms with van der Waals surface area (Å²) in [5, 5.41) is 3.45. The van der Waals surface area contributed by atoms with E-state index in [9.17, 15) is 4.79 Å². The van der Waals surface area contributed by atoms with Crippen molar-refractivity contribution in [3.63, 3.8) is 0 Å². The zero-order valence-corrected chi connectivity index (χ0v) is 17.8. The van der Waals surface area contributed by atoms with E-state index in [4.69, 9.17) is 4.74 Å². The highest BCUT2D eigenvalue weighted by atomic mass is 32.1. The Morgan fingerprint density at radius 1 is 1.07 bits per heavy atom. The smallest absolute Gasteiger partial charge is 0.264 e. The predicted octanol–water partition coefficient (Wildman–Crippen LogP) is 5.88. The Morgan fingerprint density at radius 3 is 2.43 bits per heavy atom. The van der Waals surface area contributed by atoms with Gasteiger partial charge in [-0.15, -0.1) is 11.3 Å². The Labute approximate surface area is 170 Å². The third-order valence-electron chi connectivity index (χ3n) is 4.52. The Hall–Kier alpha value is -2.66. The Kier molecular flexibility index (Phi) is 6.15. The molecule has 0 fully saturated rings. The summed E-state index contributed by atoms with van der Waals surface area (Å²) in [5.74, 6) is 0.888. The van der Waals surface area contributed by atoms with Crippen molar-refractivity contribution in [2.45, 2.75) is 40.5 Å². The molecule has 28 heavy (non-hydrogen) atoms. The van der Waals surface area contributed by atoms with Crippen molar-refractivity contribution in [3.8, 4) is 17.0 Å². The zero-order valence-electron chi connectivity index (χ0n) is 17.0. The predicted molar refractivity (Wildman–Crippen MR) is 116 cm³/mol. The number of aryl methyl sites for hydroxylation is 3. The molecule has 5 heteroatoms. The summed E-state index contributed by atoms with van der Waals surface area (Å²) in [7, 11) is 0. The van der Waals surface area contributed by atoms with Crippen LogP contribution in [0, 0.1) is 20.8 Å². The molecule has 0 atom stereocenters. The van der Waals surface area contributed by atoms with E-state index in [0.717, 1.165) is 33.0 Å². The number of nitrogens with zero attached hydrogens (tertiary/aromatic N) is 1. The molecule has 0 bridgehead atoms. The van der Waals surface area contributed by atoms with E-state index >= 15 is 0 Å². The summed E-state index contributed by atoms with van der Waals surface area (Å²) in [4.78, 5) is 18.0. The molecule has 1 amide bonds. The van der Waals surface area contributed by atoms with Crippen LogP contribution in [0.1, 0.15) is 41.3 Å². The maximum Gasteiger partial charge on any atom is 0.264 e. The molecule has 3 rings (SSSR count). The molecule has 1 heterocycles. The molecule has 0 aliphatic heterocycles. The van der Waals surface area contributed by atoms with Crippen molar-refractivity contribution in [2.24, 2.45) is 0 Å². The number of carbonyl (C=O) groups excluding carboxylic acids is 1. The first-order chi connectivity index (χ1) is 13.3. The summed E-state index contributed by atoms with van der Waals surface area (Å²) in [6, 6.07) is 14.3. The van der Waals surface area contributed by atoms with Crippen molar-refractivity contribution in [1.82, 2.24) is 4.98 Å². The zero-order chi connectivity index (χ0) is 20.3. The van der Waals surface area contributed by atoms with Gasteiger partial charge in [-0.1, -0.05) is 55.8 Å². The lowest BCUT2D eigenvalue weighted by Crippen LogP contribution is -2.20. The van der Waals surface area contributed by atoms with Crippen molar-refractivity contribution in [3.05, 3.63) is 64.0 Å². The van der Waals surface area contributed by atoms with Gasteiger partial charge in [0.25, 0.3) is 5.91 Å². The minimum Gasteiger partial charge on any atom is -0.483 e. The van der Waals surface area contributed by atoms with Crippen LogP contribution < -0.4 is 10.1 Å². The lowest BCUT2D eigenvalue weighted by molar-refractivity contribution is -0.118. The summed E-state index contributed by atoms with van der Waals surface area (Å²) < 4.78 is 5.81. The molecule has 0 saturated carbocycles. The van der Waals surface area contributed by atoms with E-state index in [1.54, 1.807) is 0 Å². The van der Waals surface area contributed by atoms with Gasteiger partial charge in [0.05, 0.1) is 5.69 Å². The van der Waals surface area contributed by atoms with Crippen molar-refractivity contribution in [2.75, 3.05) is 11.9 Å². The van der Waals surface area contributed by atoms with Crippen LogP contribution in [-0.4, -0.2) is 17.5 Å². The highest BCUT2D eigenvalue weighted by Crippen LogP contribution is 2.31. The first kappa shape index (κ1) is 20.1. The largest absolute Gasteiger partial charge is 0.483 e. The van der Waals surface area contributed by atoms with Gasteiger partial charge in [0.15, 0.2) is 11.7 Å². The Morgan fingerprint density at radius 2 is 1.75 bits per heavy atom. The van der Waals surface area contributed by atoms with Crippen LogP contribution >= 0.6 is 11.3 Å². The highest BCUT2D eigenvalue weighted by molar-refractivity contribution is 7.16. The molecule has 3 aromatic rings. The standard InChI is InChI=1S/C23H26N2O2S/c1-14(2)19-11-8-16(4)12-20(19)27-13-21(26)24-23-25-22(17(5)28-23)18-9-6-15(3)7-10-18/h6-12,14H,13H2,1-5H3,(H,24,25,26). The summed E-state index contributed by atoms with van der Waals surface area (Å²) in [6.07, 6.45) is 0. The van der Waals surface area contributed by atoms with Gasteiger partial charge in [-0.25, -0.2) is 4.98 Å². The molecule has 0 unspecified atom stereocenters. The average Bonchev–Trinajstić information content (AvgIpc) is 3.00. The van der Waals surface area contributed by atoms with Crippen molar-refractivity contribution in [1.29, 1.82) is 0 Å². The van der Waals surface area contributed by atoms with E-state index in [1.165, 1.54) is 16.9 Å². The molecule has 0 aliphatic carbocycles. The van der Waals surface area contributed by atoms with Gasteiger partial charge in [0, 0.05) is 10.4 Å². The second-order valence-corrected chi connectivity index (χ2v) is 8.53. The Bertz CT molecular complexity index is 975. The molecular formula is C23H26N2O2S. The molecule has 0 saturated heterocycles. The fraction of sp³-hybridized carbons (Fsp3) is 0.304. The van der Waals surface area contributed by atoms with Gasteiger partial charge in [0.1, 0.15) is 5.75 Å². The highest BCUT2D eigenvalue weighted by Gasteiger charge is 2.14. The minimum absolute atomic E-state index is 0.0400. The van der Waals surface area contributed by atoms with E-state index in [0.29, 0.717) is 11.0 Å². The fourth-order valence-corrected chi connectivity index (χ4v) is 3.82. The third-order valence-corrected chi connectivity index (χ3v) is 5.40. The molecule has 146 valence electrons. The Balaban J connectivity index is 1.67. The monoisotopic (exact) mass is 394 g/mol. The summed E-state index contributed by atoms with van der Waals surface area (Å²) in [6.45, 7) is 10.3. The lowest BCUT2D eigenvalue weighted by Gasteiger charge is -2.14. The number of ether oxygens (including phenoxy) is 1. The van der Waals surface area contributed by atoms with Gasteiger partial charge < -0.3 is 4.74 Å². The number of nitrogens with one attached hydrogen (secondary N) is 1. The van der Waals surface area contributed by atoms with E-state index < -0.39 is 0 Å². The maximum atomic E-state index is 12.4. The number of carbonyl (C=O) groups is 1. The number of anilines is 1. The number of aromatic nitrogens is 1. The van der Waals surface area contributed by atoms with Crippen LogP contribution in [0.15, 0.2) is 42.5 Å². The molecular weight excluding hydrogens is 368 g/mol. The topological polar surface area (TPSA) is 51.2 Å². The average molecular weight is 395 g/mol. The number of rotatable bonds is 6. The maximum absolute atomic E-state index is 12.4. The first-order valence-electron chi connectivity index (χ1n) is 9.41. The second kappa shape index (κ2) is 8.57. The molecule has 1 N–H and O–H groups in total. The first-order valence-corrected chi connectivity index (χ1v) is 10.2. The van der Waals surface area contributed by atoms with Crippen LogP contribution in [0.3, 0.4) is 0 Å². The van der Waals surface area contributed by atoms with E-state index in [2.05, 4.69) is 67.5 Å². The minimum atomic E-state index is -0.208. The van der Waals surface area contributed by atoms with Gasteiger partial charge in [0.2, 0.25) is 0 Å². The number of thiazole rings is 1. The van der Waals surface area contributed by atoms with E-state index in [-0.39, 0.29) is 12.5 Å². The van der Waals surface area contributed by atoms with Crippen molar-refractivity contribution >= 4 is 22.4 Å².